The lowest BCUT2D eigenvalue weighted by Gasteiger charge is -2.13. The molecule has 2 heterocycles. The van der Waals surface area contributed by atoms with E-state index in [1.54, 1.807) is 7.05 Å². The number of imide groups is 1. The molecule has 1 aromatic heterocycles. The lowest BCUT2D eigenvalue weighted by Crippen LogP contribution is -2.36. The second-order valence-corrected chi connectivity index (χ2v) is 6.33. The number of hydrogen-bond donors (Lipinski definition) is 1. The van der Waals surface area contributed by atoms with Crippen LogP contribution in [0.2, 0.25) is 0 Å². The SMILES string of the molecule is CN1CC(=O)N(CC(=O)c2c(-c3ccccc3)[nH]c3ccccc23)C1=O. The van der Waals surface area contributed by atoms with Crippen LogP contribution in [0, 0.1) is 0 Å². The molecule has 3 amide bonds. The predicted octanol–water partition coefficient (Wildman–Crippen LogP) is 2.91. The molecule has 1 fully saturated rings. The van der Waals surface area contributed by atoms with Gasteiger partial charge in [0, 0.05) is 18.0 Å². The van der Waals surface area contributed by atoms with Gasteiger partial charge in [0.25, 0.3) is 5.91 Å². The maximum atomic E-state index is 13.1. The fourth-order valence-electron chi connectivity index (χ4n) is 3.30. The molecule has 4 rings (SSSR count). The van der Waals surface area contributed by atoms with Crippen LogP contribution in [0.3, 0.4) is 0 Å². The lowest BCUT2D eigenvalue weighted by atomic mass is 10.0. The fourth-order valence-corrected chi connectivity index (χ4v) is 3.30. The third kappa shape index (κ3) is 2.56. The highest BCUT2D eigenvalue weighted by molar-refractivity contribution is 6.16. The predicted molar refractivity (Wildman–Crippen MR) is 97.8 cm³/mol. The summed E-state index contributed by atoms with van der Waals surface area (Å²) < 4.78 is 0. The molecule has 1 N–H and O–H groups in total. The smallest absolute Gasteiger partial charge is 0.327 e. The van der Waals surface area contributed by atoms with Gasteiger partial charge in [-0.05, 0) is 11.6 Å². The Morgan fingerprint density at radius 1 is 1.04 bits per heavy atom. The van der Waals surface area contributed by atoms with Gasteiger partial charge < -0.3 is 9.88 Å². The number of para-hydroxylation sites is 1. The quantitative estimate of drug-likeness (QED) is 0.582. The summed E-state index contributed by atoms with van der Waals surface area (Å²) in [5, 5.41) is 0.781. The largest absolute Gasteiger partial charge is 0.354 e. The number of aromatic amines is 1. The summed E-state index contributed by atoms with van der Waals surface area (Å²) in [7, 11) is 1.55. The van der Waals surface area contributed by atoms with Crippen molar-refractivity contribution in [1.29, 1.82) is 0 Å². The van der Waals surface area contributed by atoms with E-state index in [-0.39, 0.29) is 24.8 Å². The molecule has 130 valence electrons. The number of rotatable bonds is 4. The van der Waals surface area contributed by atoms with Gasteiger partial charge in [0.15, 0.2) is 5.78 Å². The number of carbonyl (C=O) groups is 3. The number of likely N-dealkylation sites (N-methyl/N-ethyl adjacent to an activating group) is 1. The monoisotopic (exact) mass is 347 g/mol. The Morgan fingerprint density at radius 3 is 2.42 bits per heavy atom. The molecule has 0 aliphatic carbocycles. The number of H-pyrrole nitrogens is 1. The number of nitrogens with zero attached hydrogens (tertiary/aromatic N) is 2. The zero-order valence-corrected chi connectivity index (χ0v) is 14.2. The normalized spacial score (nSPS) is 14.5. The van der Waals surface area contributed by atoms with E-state index < -0.39 is 6.03 Å². The molecular formula is C20H17N3O3. The molecule has 6 nitrogen and oxygen atoms in total. The second-order valence-electron chi connectivity index (χ2n) is 6.33. The van der Waals surface area contributed by atoms with Gasteiger partial charge >= 0.3 is 6.03 Å². The average Bonchev–Trinajstić information content (AvgIpc) is 3.15. The van der Waals surface area contributed by atoms with Crippen molar-refractivity contribution in [1.82, 2.24) is 14.8 Å². The summed E-state index contributed by atoms with van der Waals surface area (Å²) in [5.74, 6) is -0.620. The molecular weight excluding hydrogens is 330 g/mol. The van der Waals surface area contributed by atoms with Crippen LogP contribution in [0.5, 0.6) is 0 Å². The van der Waals surface area contributed by atoms with Crippen molar-refractivity contribution in [3.63, 3.8) is 0 Å². The second kappa shape index (κ2) is 6.15. The summed E-state index contributed by atoms with van der Waals surface area (Å²) in [6.45, 7) is -0.255. The Balaban J connectivity index is 1.79. The van der Waals surface area contributed by atoms with Gasteiger partial charge in [0.1, 0.15) is 6.54 Å². The van der Waals surface area contributed by atoms with Crippen molar-refractivity contribution in [2.45, 2.75) is 0 Å². The maximum absolute atomic E-state index is 13.1. The first kappa shape index (κ1) is 16.1. The minimum Gasteiger partial charge on any atom is -0.354 e. The van der Waals surface area contributed by atoms with Gasteiger partial charge in [-0.15, -0.1) is 0 Å². The first-order valence-corrected chi connectivity index (χ1v) is 8.31. The van der Waals surface area contributed by atoms with Gasteiger partial charge in [0.2, 0.25) is 0 Å². The molecule has 3 aromatic rings. The highest BCUT2D eigenvalue weighted by atomic mass is 16.2. The van der Waals surface area contributed by atoms with Gasteiger partial charge in [-0.3, -0.25) is 14.5 Å². The highest BCUT2D eigenvalue weighted by Gasteiger charge is 2.35. The van der Waals surface area contributed by atoms with E-state index in [2.05, 4.69) is 4.98 Å². The first-order chi connectivity index (χ1) is 12.6. The molecule has 26 heavy (non-hydrogen) atoms. The van der Waals surface area contributed by atoms with E-state index in [1.807, 2.05) is 54.6 Å². The molecule has 6 heteroatoms. The zero-order valence-electron chi connectivity index (χ0n) is 14.2. The van der Waals surface area contributed by atoms with Crippen LogP contribution in [-0.4, -0.2) is 52.6 Å². The Kier molecular flexibility index (Phi) is 3.80. The molecule has 0 spiro atoms. The Bertz CT molecular complexity index is 1020. The van der Waals surface area contributed by atoms with Crippen LogP contribution in [0.15, 0.2) is 54.6 Å². The van der Waals surface area contributed by atoms with Gasteiger partial charge in [-0.2, -0.15) is 0 Å². The van der Waals surface area contributed by atoms with Crippen LogP contribution in [0.1, 0.15) is 10.4 Å². The van der Waals surface area contributed by atoms with Crippen molar-refractivity contribution < 1.29 is 14.4 Å². The van der Waals surface area contributed by atoms with Crippen LogP contribution >= 0.6 is 0 Å². The molecule has 0 atom stereocenters. The summed E-state index contributed by atoms with van der Waals surface area (Å²) in [6.07, 6.45) is 0. The van der Waals surface area contributed by atoms with Gasteiger partial charge in [0.05, 0.1) is 17.8 Å². The number of carbonyl (C=O) groups excluding carboxylic acids is 3. The number of aromatic nitrogens is 1. The Morgan fingerprint density at radius 2 is 1.73 bits per heavy atom. The maximum Gasteiger partial charge on any atom is 0.327 e. The van der Waals surface area contributed by atoms with Gasteiger partial charge in [-0.25, -0.2) is 4.79 Å². The van der Waals surface area contributed by atoms with E-state index in [0.717, 1.165) is 21.4 Å². The van der Waals surface area contributed by atoms with E-state index in [1.165, 1.54) is 4.90 Å². The van der Waals surface area contributed by atoms with Crippen molar-refractivity contribution in [2.24, 2.45) is 0 Å². The summed E-state index contributed by atoms with van der Waals surface area (Å²) in [5.41, 5.74) is 2.92. The molecule has 0 radical (unpaired) electrons. The van der Waals surface area contributed by atoms with E-state index >= 15 is 0 Å². The van der Waals surface area contributed by atoms with Crippen molar-refractivity contribution >= 4 is 28.6 Å². The van der Waals surface area contributed by atoms with Crippen molar-refractivity contribution in [3.05, 3.63) is 60.2 Å². The summed E-state index contributed by atoms with van der Waals surface area (Å²) in [4.78, 5) is 42.8. The fraction of sp³-hybridized carbons (Fsp3) is 0.150. The molecule has 1 saturated heterocycles. The third-order valence-electron chi connectivity index (χ3n) is 4.58. The number of hydrogen-bond acceptors (Lipinski definition) is 3. The highest BCUT2D eigenvalue weighted by Crippen LogP contribution is 2.31. The van der Waals surface area contributed by atoms with Crippen LogP contribution in [-0.2, 0) is 4.79 Å². The molecule has 2 aromatic carbocycles. The number of benzene rings is 2. The van der Waals surface area contributed by atoms with Gasteiger partial charge in [-0.1, -0.05) is 48.5 Å². The molecule has 1 aliphatic heterocycles. The summed E-state index contributed by atoms with van der Waals surface area (Å²) >= 11 is 0. The topological polar surface area (TPSA) is 73.5 Å². The standard InChI is InChI=1S/C20H17N3O3/c1-22-12-17(25)23(20(22)26)11-16(24)18-14-9-5-6-10-15(14)21-19(18)13-7-3-2-4-8-13/h2-10,21H,11-12H2,1H3. The number of ketones is 1. The Labute approximate surface area is 150 Å². The van der Waals surface area contributed by atoms with Crippen LogP contribution in [0.25, 0.3) is 22.2 Å². The molecule has 0 saturated carbocycles. The zero-order chi connectivity index (χ0) is 18.3. The van der Waals surface area contributed by atoms with Crippen LogP contribution < -0.4 is 0 Å². The van der Waals surface area contributed by atoms with Crippen molar-refractivity contribution in [3.8, 4) is 11.3 Å². The first-order valence-electron chi connectivity index (χ1n) is 8.31. The van der Waals surface area contributed by atoms with E-state index in [9.17, 15) is 14.4 Å². The third-order valence-corrected chi connectivity index (χ3v) is 4.58. The molecule has 0 unspecified atom stereocenters. The van der Waals surface area contributed by atoms with E-state index in [0.29, 0.717) is 11.3 Å². The number of nitrogens with one attached hydrogen (secondary N) is 1. The van der Waals surface area contributed by atoms with E-state index in [4.69, 9.17) is 0 Å². The molecule has 0 bridgehead atoms. The van der Waals surface area contributed by atoms with Crippen molar-refractivity contribution in [2.75, 3.05) is 20.1 Å². The number of amides is 3. The average molecular weight is 347 g/mol. The van der Waals surface area contributed by atoms with Crippen LogP contribution in [0.4, 0.5) is 4.79 Å². The summed E-state index contributed by atoms with van der Waals surface area (Å²) in [6, 6.07) is 16.6. The number of urea groups is 1. The number of fused-ring (bicyclic) bond motifs is 1. The number of Topliss-reactive ketones (excluding diaryl/α,β-unsaturated/α-hetero) is 1. The molecule has 1 aliphatic rings. The minimum atomic E-state index is -0.440. The lowest BCUT2D eigenvalue weighted by molar-refractivity contribution is -0.125. The Hall–Kier alpha value is -3.41. The minimum absolute atomic E-state index is 0.00550.